The molecule has 1 unspecified atom stereocenters. The quantitative estimate of drug-likeness (QED) is 0.305. The molecule has 0 saturated carbocycles. The van der Waals surface area contributed by atoms with Crippen LogP contribution in [0.2, 0.25) is 54.4 Å². The molecule has 0 aromatic carbocycles. The Morgan fingerprint density at radius 2 is 1.18 bits per heavy atom. The largest absolute Gasteiger partial charge is 0.413 e. The molecule has 1 aliphatic heterocycles. The Bertz CT molecular complexity index is 692. The van der Waals surface area contributed by atoms with Crippen LogP contribution in [0.3, 0.4) is 0 Å². The monoisotopic (exact) mass is 516 g/mol. The average Bonchev–Trinajstić information content (AvgIpc) is 2.82. The van der Waals surface area contributed by atoms with Crippen LogP contribution in [0, 0.1) is 0 Å². The van der Waals surface area contributed by atoms with Crippen molar-refractivity contribution in [3.8, 4) is 0 Å². The molecule has 194 valence electrons. The predicted octanol–water partition coefficient (Wildman–Crippen LogP) is 5.72. The van der Waals surface area contributed by atoms with Crippen molar-refractivity contribution in [3.63, 3.8) is 0 Å². The van der Waals surface area contributed by atoms with Crippen LogP contribution in [0.15, 0.2) is 0 Å². The van der Waals surface area contributed by atoms with Gasteiger partial charge in [-0.3, -0.25) is 4.79 Å². The zero-order valence-corrected chi connectivity index (χ0v) is 27.6. The SMILES string of the molecule is B[C@@H]1O[C@](C=O)(CO[Si](C)(C)C(C)(C)C)[C@@H](O[Si](C)(C)C(C)(C)C)C1O[Si](C)(C)C(C)(C)C. The molecule has 0 amide bonds. The van der Waals surface area contributed by atoms with Crippen molar-refractivity contribution in [3.05, 3.63) is 0 Å². The molecule has 1 fully saturated rings. The van der Waals surface area contributed by atoms with E-state index in [0.717, 1.165) is 6.29 Å². The summed E-state index contributed by atoms with van der Waals surface area (Å²) >= 11 is 0. The Kier molecular flexibility index (Phi) is 9.09. The fourth-order valence-electron chi connectivity index (χ4n) is 3.09. The summed E-state index contributed by atoms with van der Waals surface area (Å²) < 4.78 is 26.9. The molecule has 0 aromatic rings. The van der Waals surface area contributed by atoms with E-state index in [1.807, 2.05) is 7.85 Å². The Balaban J connectivity index is 3.49. The second-order valence-corrected chi connectivity index (χ2v) is 28.9. The normalized spacial score (nSPS) is 28.3. The highest BCUT2D eigenvalue weighted by Gasteiger charge is 2.60. The van der Waals surface area contributed by atoms with Gasteiger partial charge in [0.05, 0.1) is 18.7 Å². The highest BCUT2D eigenvalue weighted by atomic mass is 28.4. The fourth-order valence-corrected chi connectivity index (χ4v) is 6.79. The minimum Gasteiger partial charge on any atom is -0.413 e. The summed E-state index contributed by atoms with van der Waals surface area (Å²) in [6, 6.07) is -0.262. The summed E-state index contributed by atoms with van der Waals surface area (Å²) in [6.07, 6.45) is 0.127. The topological polar surface area (TPSA) is 54.0 Å². The van der Waals surface area contributed by atoms with Crippen LogP contribution in [-0.2, 0) is 22.8 Å². The van der Waals surface area contributed by atoms with Gasteiger partial charge >= 0.3 is 0 Å². The first-order valence-electron chi connectivity index (χ1n) is 12.5. The number of carbonyl (C=O) groups is 1. The van der Waals surface area contributed by atoms with Crippen LogP contribution >= 0.6 is 0 Å². The van der Waals surface area contributed by atoms with Crippen LogP contribution in [-0.4, -0.2) is 69.5 Å². The number of ether oxygens (including phenoxy) is 1. The molecular weight excluding hydrogens is 463 g/mol. The molecular formula is C24H53BO5Si3. The molecule has 0 aromatic heterocycles. The smallest absolute Gasteiger partial charge is 0.192 e. The molecule has 1 saturated heterocycles. The van der Waals surface area contributed by atoms with Gasteiger partial charge in [-0.1, -0.05) is 62.3 Å². The summed E-state index contributed by atoms with van der Waals surface area (Å²) in [7, 11) is -4.44. The van der Waals surface area contributed by atoms with Crippen LogP contribution in [0.4, 0.5) is 0 Å². The van der Waals surface area contributed by atoms with Crippen molar-refractivity contribution in [1.82, 2.24) is 0 Å². The van der Waals surface area contributed by atoms with Crippen LogP contribution in [0.1, 0.15) is 62.3 Å². The standard InChI is InChI=1S/C24H53BO5Si3/c1-21(2,3)31(10,11)27-17-24(16-26)19(30-33(14,15)23(7,8)9)18(20(25)28-24)29-32(12,13)22(4,5)6/h16,18-20H,17,25H2,1-15H3/t18?,19-,20+,24+/m0/s1. The first kappa shape index (κ1) is 31.3. The second-order valence-electron chi connectivity index (χ2n) is 14.6. The maximum absolute atomic E-state index is 12.8. The van der Waals surface area contributed by atoms with Gasteiger partial charge in [-0.2, -0.15) is 0 Å². The van der Waals surface area contributed by atoms with Gasteiger partial charge in [0.15, 0.2) is 36.8 Å². The Hall–Kier alpha value is 0.226. The Morgan fingerprint density at radius 1 is 0.788 bits per heavy atom. The fraction of sp³-hybridized carbons (Fsp3) is 0.958. The minimum absolute atomic E-state index is 0.00470. The number of hydrogen-bond donors (Lipinski definition) is 0. The molecule has 0 radical (unpaired) electrons. The van der Waals surface area contributed by atoms with E-state index in [9.17, 15) is 4.79 Å². The first-order valence-corrected chi connectivity index (χ1v) is 21.2. The lowest BCUT2D eigenvalue weighted by Gasteiger charge is -2.46. The maximum Gasteiger partial charge on any atom is 0.192 e. The van der Waals surface area contributed by atoms with Crippen molar-refractivity contribution in [2.24, 2.45) is 0 Å². The van der Waals surface area contributed by atoms with Crippen LogP contribution in [0.5, 0.6) is 0 Å². The third kappa shape index (κ3) is 6.71. The van der Waals surface area contributed by atoms with Gasteiger partial charge in [-0.15, -0.1) is 0 Å². The van der Waals surface area contributed by atoms with Crippen molar-refractivity contribution in [2.45, 2.75) is 141 Å². The summed E-state index contributed by atoms with van der Waals surface area (Å²) in [5, 5.41) is 0.0711. The van der Waals surface area contributed by atoms with E-state index in [1.165, 1.54) is 0 Å². The van der Waals surface area contributed by atoms with E-state index < -0.39 is 36.7 Å². The van der Waals surface area contributed by atoms with Gasteiger partial charge in [0.2, 0.25) is 0 Å². The third-order valence-corrected chi connectivity index (χ3v) is 22.2. The van der Waals surface area contributed by atoms with E-state index >= 15 is 0 Å². The number of hydrogen-bond acceptors (Lipinski definition) is 5. The van der Waals surface area contributed by atoms with Gasteiger partial charge in [-0.05, 0) is 54.4 Å². The molecule has 1 heterocycles. The highest BCUT2D eigenvalue weighted by Crippen LogP contribution is 2.46. The van der Waals surface area contributed by atoms with Gasteiger partial charge in [0.25, 0.3) is 0 Å². The van der Waals surface area contributed by atoms with E-state index in [4.69, 9.17) is 18.0 Å². The van der Waals surface area contributed by atoms with Gasteiger partial charge < -0.3 is 18.0 Å². The molecule has 1 rings (SSSR count). The van der Waals surface area contributed by atoms with Crippen LogP contribution in [0.25, 0.3) is 0 Å². The molecule has 33 heavy (non-hydrogen) atoms. The lowest BCUT2D eigenvalue weighted by Crippen LogP contribution is -2.59. The molecule has 4 atom stereocenters. The highest BCUT2D eigenvalue weighted by molar-refractivity contribution is 6.75. The molecule has 0 bridgehead atoms. The molecule has 0 spiro atoms. The molecule has 1 aliphatic rings. The Labute approximate surface area is 208 Å². The van der Waals surface area contributed by atoms with E-state index in [0.29, 0.717) is 0 Å². The lowest BCUT2D eigenvalue weighted by molar-refractivity contribution is -0.140. The van der Waals surface area contributed by atoms with Crippen molar-refractivity contribution in [2.75, 3.05) is 6.61 Å². The third-order valence-electron chi connectivity index (χ3n) is 8.78. The average molecular weight is 517 g/mol. The van der Waals surface area contributed by atoms with E-state index in [-0.39, 0.29) is 33.8 Å². The Morgan fingerprint density at radius 3 is 1.55 bits per heavy atom. The van der Waals surface area contributed by atoms with Gasteiger partial charge in [-0.25, -0.2) is 0 Å². The number of aldehydes is 1. The molecule has 5 nitrogen and oxygen atoms in total. The molecule has 9 heteroatoms. The lowest BCUT2D eigenvalue weighted by atomic mass is 9.90. The maximum atomic E-state index is 12.8. The number of rotatable bonds is 8. The van der Waals surface area contributed by atoms with Gasteiger partial charge in [0, 0.05) is 0 Å². The van der Waals surface area contributed by atoms with Crippen LogP contribution < -0.4 is 0 Å². The minimum atomic E-state index is -2.23. The molecule has 0 aliphatic carbocycles. The van der Waals surface area contributed by atoms with E-state index in [1.54, 1.807) is 0 Å². The summed E-state index contributed by atoms with van der Waals surface area (Å²) in [6.45, 7) is 33.5. The zero-order chi connectivity index (χ0) is 26.5. The van der Waals surface area contributed by atoms with Crippen molar-refractivity contribution in [1.29, 1.82) is 0 Å². The van der Waals surface area contributed by atoms with Crippen molar-refractivity contribution >= 4 is 39.1 Å². The second kappa shape index (κ2) is 9.59. The number of carbonyl (C=O) groups excluding carboxylic acids is 1. The summed E-state index contributed by atoms with van der Waals surface area (Å²) in [4.78, 5) is 12.8. The molecule has 0 N–H and O–H groups in total. The van der Waals surface area contributed by atoms with Gasteiger partial charge in [0.1, 0.15) is 14.0 Å². The summed E-state index contributed by atoms with van der Waals surface area (Å²) in [5.74, 6) is 0. The summed E-state index contributed by atoms with van der Waals surface area (Å²) in [5.41, 5.74) is -1.17. The van der Waals surface area contributed by atoms with E-state index in [2.05, 4.69) is 102 Å². The zero-order valence-electron chi connectivity index (χ0n) is 24.6. The first-order chi connectivity index (χ1) is 14.3. The van der Waals surface area contributed by atoms with Crippen molar-refractivity contribution < 1.29 is 22.8 Å². The predicted molar refractivity (Wildman–Crippen MR) is 150 cm³/mol.